The molecule has 1 saturated heterocycles. The fourth-order valence-electron chi connectivity index (χ4n) is 4.87. The molecule has 1 aliphatic heterocycles. The number of hydrogen-bond acceptors (Lipinski definition) is 2. The zero-order valence-electron chi connectivity index (χ0n) is 19.3. The number of amides is 2. The fourth-order valence-corrected chi connectivity index (χ4v) is 5.19. The maximum absolute atomic E-state index is 13.8. The van der Waals surface area contributed by atoms with Crippen molar-refractivity contribution in [1.29, 1.82) is 0 Å². The third kappa shape index (κ3) is 5.91. The van der Waals surface area contributed by atoms with Gasteiger partial charge in [0.2, 0.25) is 11.8 Å². The summed E-state index contributed by atoms with van der Waals surface area (Å²) in [4.78, 5) is 28.5. The Labute approximate surface area is 206 Å². The highest BCUT2D eigenvalue weighted by molar-refractivity contribution is 6.30. The van der Waals surface area contributed by atoms with Crippen LogP contribution in [0.15, 0.2) is 48.5 Å². The van der Waals surface area contributed by atoms with Crippen molar-refractivity contribution in [1.82, 2.24) is 10.2 Å². The highest BCUT2D eigenvalue weighted by Crippen LogP contribution is 2.48. The molecule has 2 fully saturated rings. The van der Waals surface area contributed by atoms with Crippen molar-refractivity contribution in [2.75, 3.05) is 6.54 Å². The van der Waals surface area contributed by atoms with E-state index in [-0.39, 0.29) is 42.2 Å². The van der Waals surface area contributed by atoms with Gasteiger partial charge in [0.05, 0.1) is 6.04 Å². The van der Waals surface area contributed by atoms with E-state index in [4.69, 9.17) is 23.2 Å². The summed E-state index contributed by atoms with van der Waals surface area (Å²) in [6.45, 7) is 4.76. The summed E-state index contributed by atoms with van der Waals surface area (Å²) < 4.78 is 0. The maximum Gasteiger partial charge on any atom is 0.226 e. The van der Waals surface area contributed by atoms with Gasteiger partial charge in [-0.3, -0.25) is 9.59 Å². The highest BCUT2D eigenvalue weighted by atomic mass is 35.5. The summed E-state index contributed by atoms with van der Waals surface area (Å²) >= 11 is 12.5. The first-order valence-electron chi connectivity index (χ1n) is 12.0. The van der Waals surface area contributed by atoms with E-state index in [1.807, 2.05) is 61.2 Å². The molecule has 1 heterocycles. The number of nitrogens with one attached hydrogen (secondary N) is 1. The molecule has 2 aliphatic rings. The van der Waals surface area contributed by atoms with Crippen LogP contribution >= 0.6 is 23.2 Å². The average molecular weight is 487 g/mol. The zero-order chi connectivity index (χ0) is 23.5. The van der Waals surface area contributed by atoms with Crippen LogP contribution in [-0.2, 0) is 9.59 Å². The number of hydrogen-bond donors (Lipinski definition) is 1. The van der Waals surface area contributed by atoms with Gasteiger partial charge in [0.25, 0.3) is 0 Å². The van der Waals surface area contributed by atoms with Crippen LogP contribution in [0.4, 0.5) is 0 Å². The standard InChI is InChI=1S/C27H32Cl2N2O2/c1-3-17(2)30-25(32)15-21-14-24(20-5-4-6-23(29)13-20)26(19-9-11-22(28)12-10-19)31(27(21)33)16-18-7-8-18/h4-6,9-13,17-18,21,24,26H,3,7-8,14-16H2,1-2H3,(H,30,32)/t17?,21-,24-,26-/m1/s1. The molecule has 2 aromatic carbocycles. The van der Waals surface area contributed by atoms with Gasteiger partial charge in [-0.05, 0) is 73.9 Å². The molecule has 2 aromatic rings. The maximum atomic E-state index is 13.8. The Hall–Kier alpha value is -2.04. The molecule has 1 aliphatic carbocycles. The number of piperidine rings is 1. The molecule has 4 rings (SSSR count). The Bertz CT molecular complexity index is 990. The molecule has 0 bridgehead atoms. The van der Waals surface area contributed by atoms with Crippen LogP contribution < -0.4 is 5.32 Å². The van der Waals surface area contributed by atoms with E-state index in [0.717, 1.165) is 36.9 Å². The Morgan fingerprint density at radius 1 is 1.09 bits per heavy atom. The van der Waals surface area contributed by atoms with Gasteiger partial charge in [0.1, 0.15) is 0 Å². The van der Waals surface area contributed by atoms with Crippen molar-refractivity contribution < 1.29 is 9.59 Å². The van der Waals surface area contributed by atoms with Crippen molar-refractivity contribution in [2.24, 2.45) is 11.8 Å². The molecule has 1 unspecified atom stereocenters. The van der Waals surface area contributed by atoms with Gasteiger partial charge in [-0.2, -0.15) is 0 Å². The molecule has 6 heteroatoms. The smallest absolute Gasteiger partial charge is 0.226 e. The van der Waals surface area contributed by atoms with Crippen LogP contribution in [0.2, 0.25) is 10.0 Å². The Kier molecular flexibility index (Phi) is 7.65. The van der Waals surface area contributed by atoms with Crippen LogP contribution in [0.1, 0.15) is 69.0 Å². The van der Waals surface area contributed by atoms with Crippen LogP contribution in [0, 0.1) is 11.8 Å². The van der Waals surface area contributed by atoms with Gasteiger partial charge in [0.15, 0.2) is 0 Å². The van der Waals surface area contributed by atoms with Crippen LogP contribution in [0.25, 0.3) is 0 Å². The molecule has 1 saturated carbocycles. The number of rotatable bonds is 8. The predicted molar refractivity (Wildman–Crippen MR) is 133 cm³/mol. The minimum Gasteiger partial charge on any atom is -0.354 e. The third-order valence-corrected chi connectivity index (χ3v) is 7.47. The van der Waals surface area contributed by atoms with E-state index in [1.54, 1.807) is 0 Å². The quantitative estimate of drug-likeness (QED) is 0.470. The first-order valence-corrected chi connectivity index (χ1v) is 12.7. The second-order valence-electron chi connectivity index (χ2n) is 9.61. The van der Waals surface area contributed by atoms with Crippen molar-refractivity contribution in [3.63, 3.8) is 0 Å². The molecule has 33 heavy (non-hydrogen) atoms. The van der Waals surface area contributed by atoms with Gasteiger partial charge in [-0.1, -0.05) is 54.4 Å². The van der Waals surface area contributed by atoms with Gasteiger partial charge >= 0.3 is 0 Å². The van der Waals surface area contributed by atoms with E-state index in [1.165, 1.54) is 0 Å². The summed E-state index contributed by atoms with van der Waals surface area (Å²) in [5.41, 5.74) is 2.17. The topological polar surface area (TPSA) is 49.4 Å². The molecule has 0 aromatic heterocycles. The molecular formula is C27H32Cl2N2O2. The number of carbonyl (C=O) groups excluding carboxylic acids is 2. The first kappa shape index (κ1) is 24.1. The monoisotopic (exact) mass is 486 g/mol. The molecule has 0 spiro atoms. The first-order chi connectivity index (χ1) is 15.9. The number of carbonyl (C=O) groups is 2. The van der Waals surface area contributed by atoms with E-state index in [2.05, 4.69) is 11.4 Å². The zero-order valence-corrected chi connectivity index (χ0v) is 20.8. The summed E-state index contributed by atoms with van der Waals surface area (Å²) in [7, 11) is 0. The molecule has 4 nitrogen and oxygen atoms in total. The highest BCUT2D eigenvalue weighted by Gasteiger charge is 2.45. The Morgan fingerprint density at radius 3 is 2.45 bits per heavy atom. The lowest BCUT2D eigenvalue weighted by atomic mass is 9.74. The average Bonchev–Trinajstić information content (AvgIpc) is 3.61. The lowest BCUT2D eigenvalue weighted by Gasteiger charge is -2.45. The summed E-state index contributed by atoms with van der Waals surface area (Å²) in [6.07, 6.45) is 3.99. The molecular weight excluding hydrogens is 455 g/mol. The van der Waals surface area contributed by atoms with Gasteiger partial charge in [-0.15, -0.1) is 0 Å². The minimum absolute atomic E-state index is 0.0442. The van der Waals surface area contributed by atoms with Gasteiger partial charge < -0.3 is 10.2 Å². The Balaban J connectivity index is 1.70. The molecule has 0 radical (unpaired) electrons. The third-order valence-electron chi connectivity index (χ3n) is 6.98. The second-order valence-corrected chi connectivity index (χ2v) is 10.5. The van der Waals surface area contributed by atoms with E-state index in [9.17, 15) is 9.59 Å². The summed E-state index contributed by atoms with van der Waals surface area (Å²) in [6, 6.07) is 15.7. The molecule has 1 N–H and O–H groups in total. The normalized spacial score (nSPS) is 23.9. The minimum atomic E-state index is -0.347. The van der Waals surface area contributed by atoms with Crippen molar-refractivity contribution in [3.8, 4) is 0 Å². The number of benzene rings is 2. The lowest BCUT2D eigenvalue weighted by molar-refractivity contribution is -0.146. The fraction of sp³-hybridized carbons (Fsp3) is 0.481. The molecule has 176 valence electrons. The van der Waals surface area contributed by atoms with E-state index in [0.29, 0.717) is 22.4 Å². The number of likely N-dealkylation sites (tertiary alicyclic amines) is 1. The molecule has 2 amide bonds. The predicted octanol–water partition coefficient (Wildman–Crippen LogP) is 6.38. The van der Waals surface area contributed by atoms with Crippen LogP contribution in [0.3, 0.4) is 0 Å². The van der Waals surface area contributed by atoms with Crippen LogP contribution in [-0.4, -0.2) is 29.3 Å². The number of halogens is 2. The van der Waals surface area contributed by atoms with Crippen molar-refractivity contribution >= 4 is 35.0 Å². The van der Waals surface area contributed by atoms with Crippen molar-refractivity contribution in [2.45, 2.75) is 64.0 Å². The van der Waals surface area contributed by atoms with Gasteiger partial charge in [-0.25, -0.2) is 0 Å². The molecule has 4 atom stereocenters. The van der Waals surface area contributed by atoms with E-state index >= 15 is 0 Å². The van der Waals surface area contributed by atoms with E-state index < -0.39 is 0 Å². The van der Waals surface area contributed by atoms with Gasteiger partial charge in [0, 0.05) is 40.9 Å². The summed E-state index contributed by atoms with van der Waals surface area (Å²) in [5.74, 6) is 0.266. The second kappa shape index (κ2) is 10.5. The Morgan fingerprint density at radius 2 is 1.82 bits per heavy atom. The number of nitrogens with zero attached hydrogens (tertiary/aromatic N) is 1. The lowest BCUT2D eigenvalue weighted by Crippen LogP contribution is -2.49. The van der Waals surface area contributed by atoms with Crippen molar-refractivity contribution in [3.05, 3.63) is 69.7 Å². The van der Waals surface area contributed by atoms with Crippen LogP contribution in [0.5, 0.6) is 0 Å². The largest absolute Gasteiger partial charge is 0.354 e. The summed E-state index contributed by atoms with van der Waals surface area (Å²) in [5, 5.41) is 4.39. The SMILES string of the molecule is CCC(C)NC(=O)C[C@H]1C[C@H](c2cccc(Cl)c2)[C@@H](c2ccc(Cl)cc2)N(CC2CC2)C1=O.